The molecule has 0 aliphatic heterocycles. The van der Waals surface area contributed by atoms with E-state index in [-0.39, 0.29) is 0 Å². The summed E-state index contributed by atoms with van der Waals surface area (Å²) in [5.41, 5.74) is 2.50. The van der Waals surface area contributed by atoms with Gasteiger partial charge in [0.2, 0.25) is 0 Å². The first-order valence-corrected chi connectivity index (χ1v) is 2.44. The number of halogens is 1. The molecule has 0 aromatic rings. The maximum Gasteiger partial charge on any atom is 0.145 e. The number of rotatable bonds is 2. The molecule has 0 saturated heterocycles. The van der Waals surface area contributed by atoms with Crippen molar-refractivity contribution in [1.82, 2.24) is 5.48 Å². The molecule has 0 radical (unpaired) electrons. The average molecular weight is 199 g/mol. The summed E-state index contributed by atoms with van der Waals surface area (Å²) >= 11 is 1.75. The fourth-order valence-electron chi connectivity index (χ4n) is 0.0938. The van der Waals surface area contributed by atoms with Crippen molar-refractivity contribution in [2.24, 2.45) is 0 Å². The molecule has 0 atom stereocenters. The Labute approximate surface area is 51.2 Å². The van der Waals surface area contributed by atoms with Crippen molar-refractivity contribution in [2.45, 2.75) is 6.92 Å². The molecule has 36 valence electrons. The van der Waals surface area contributed by atoms with Gasteiger partial charge in [-0.15, -0.1) is 0 Å². The van der Waals surface area contributed by atoms with Crippen LogP contribution in [0.25, 0.3) is 0 Å². The summed E-state index contributed by atoms with van der Waals surface area (Å²) in [7, 11) is 0. The van der Waals surface area contributed by atoms with Crippen LogP contribution in [0, 0.1) is 0 Å². The van der Waals surface area contributed by atoms with Gasteiger partial charge in [-0.25, -0.2) is 3.17 Å². The van der Waals surface area contributed by atoms with Crippen molar-refractivity contribution < 1.29 is 3.17 Å². The van der Waals surface area contributed by atoms with Crippen LogP contribution < -0.4 is 5.48 Å². The molecule has 0 saturated carbocycles. The number of nitrogens with one attached hydrogen (secondary N) is 1. The third kappa shape index (κ3) is 4.23. The van der Waals surface area contributed by atoms with Gasteiger partial charge in [-0.1, -0.05) is 6.08 Å². The van der Waals surface area contributed by atoms with Gasteiger partial charge in [0.1, 0.15) is 23.0 Å². The molecule has 0 amide bonds. The van der Waals surface area contributed by atoms with Gasteiger partial charge in [-0.05, 0) is 6.92 Å². The molecule has 0 spiro atoms. The minimum atomic E-state index is 1.70. The second-order valence-electron chi connectivity index (χ2n) is 0.695. The lowest BCUT2D eigenvalue weighted by Crippen LogP contribution is -1.93. The Kier molecular flexibility index (Phi) is 5.43. The third-order valence-corrected chi connectivity index (χ3v) is 0.534. The van der Waals surface area contributed by atoms with Crippen LogP contribution in [0.3, 0.4) is 0 Å². The van der Waals surface area contributed by atoms with Crippen molar-refractivity contribution in [3.63, 3.8) is 0 Å². The molecule has 2 nitrogen and oxygen atoms in total. The van der Waals surface area contributed by atoms with Crippen LogP contribution in [-0.4, -0.2) is 0 Å². The predicted octanol–water partition coefficient (Wildman–Crippen LogP) is 1.39. The summed E-state index contributed by atoms with van der Waals surface area (Å²) in [5.74, 6) is 0. The van der Waals surface area contributed by atoms with Gasteiger partial charge >= 0.3 is 0 Å². The Balaban J connectivity index is 2.66. The molecule has 0 bridgehead atoms. The molecule has 6 heavy (non-hydrogen) atoms. The first kappa shape index (κ1) is 6.23. The number of hydroxylamine groups is 1. The lowest BCUT2D eigenvalue weighted by Gasteiger charge is -1.84. The molecule has 0 rings (SSSR count). The van der Waals surface area contributed by atoms with Crippen molar-refractivity contribution >= 4 is 23.0 Å². The van der Waals surface area contributed by atoms with E-state index in [9.17, 15) is 0 Å². The van der Waals surface area contributed by atoms with E-state index in [1.165, 1.54) is 0 Å². The Bertz CT molecular complexity index is 46.1. The second-order valence-corrected chi connectivity index (χ2v) is 1.14. The molecule has 0 aliphatic rings. The fourth-order valence-corrected chi connectivity index (χ4v) is 0.241. The van der Waals surface area contributed by atoms with Gasteiger partial charge in [0.05, 0.1) is 0 Å². The van der Waals surface area contributed by atoms with Crippen molar-refractivity contribution in [2.75, 3.05) is 0 Å². The molecule has 0 aromatic carbocycles. The highest BCUT2D eigenvalue weighted by Gasteiger charge is 1.58. The van der Waals surface area contributed by atoms with Gasteiger partial charge in [-0.3, -0.25) is 5.48 Å². The molecular formula is C3H6INO. The van der Waals surface area contributed by atoms with E-state index in [4.69, 9.17) is 0 Å². The van der Waals surface area contributed by atoms with Gasteiger partial charge in [0.25, 0.3) is 0 Å². The first-order chi connectivity index (χ1) is 2.91. The normalized spacial score (nSPS) is 9.67. The Hall–Kier alpha value is 0.230. The minimum Gasteiger partial charge on any atom is -0.264 e. The molecule has 0 aliphatic carbocycles. The molecule has 0 aromatic heterocycles. The Morgan fingerprint density at radius 2 is 2.50 bits per heavy atom. The molecular weight excluding hydrogens is 193 g/mol. The smallest absolute Gasteiger partial charge is 0.145 e. The van der Waals surface area contributed by atoms with Crippen molar-refractivity contribution in [3.05, 3.63) is 12.3 Å². The number of allylic oxidation sites excluding steroid dienone is 1. The zero-order chi connectivity index (χ0) is 4.83. The fraction of sp³-hybridized carbons (Fsp3) is 0.333. The topological polar surface area (TPSA) is 21.3 Å². The summed E-state index contributed by atoms with van der Waals surface area (Å²) < 4.78 is 4.42. The molecule has 0 unspecified atom stereocenters. The van der Waals surface area contributed by atoms with Gasteiger partial charge < -0.3 is 0 Å². The van der Waals surface area contributed by atoms with Gasteiger partial charge in [0.15, 0.2) is 0 Å². The standard InChI is InChI=1S/C3H6INO/c1-2-3-5-6-4/h2-3,5H,1H3. The minimum absolute atomic E-state index is 1.70. The van der Waals surface area contributed by atoms with E-state index in [1.807, 2.05) is 13.0 Å². The Morgan fingerprint density at radius 1 is 1.83 bits per heavy atom. The number of hydrogen-bond donors (Lipinski definition) is 1. The summed E-state index contributed by atoms with van der Waals surface area (Å²) in [6, 6.07) is 0. The van der Waals surface area contributed by atoms with Crippen LogP contribution in [0.2, 0.25) is 0 Å². The van der Waals surface area contributed by atoms with E-state index in [2.05, 4.69) is 8.65 Å². The summed E-state index contributed by atoms with van der Waals surface area (Å²) in [6.45, 7) is 1.91. The van der Waals surface area contributed by atoms with Crippen LogP contribution in [0.1, 0.15) is 6.92 Å². The average Bonchev–Trinajstić information content (AvgIpc) is 1.61. The molecule has 3 heteroatoms. The predicted molar refractivity (Wildman–Crippen MR) is 33.1 cm³/mol. The maximum atomic E-state index is 4.42. The largest absolute Gasteiger partial charge is 0.264 e. The molecule has 0 heterocycles. The molecule has 1 N–H and O–H groups in total. The highest BCUT2D eigenvalue weighted by molar-refractivity contribution is 14.1. The van der Waals surface area contributed by atoms with E-state index in [0.717, 1.165) is 0 Å². The lowest BCUT2D eigenvalue weighted by atomic mass is 10.7. The zero-order valence-corrected chi connectivity index (χ0v) is 5.60. The van der Waals surface area contributed by atoms with Gasteiger partial charge in [-0.2, -0.15) is 0 Å². The summed E-state index contributed by atoms with van der Waals surface area (Å²) in [5, 5.41) is 0. The van der Waals surface area contributed by atoms with E-state index in [1.54, 1.807) is 29.2 Å². The SMILES string of the molecule is CC=CNOI. The van der Waals surface area contributed by atoms with Crippen molar-refractivity contribution in [1.29, 1.82) is 0 Å². The third-order valence-electron chi connectivity index (χ3n) is 0.279. The highest BCUT2D eigenvalue weighted by Crippen LogP contribution is 1.75. The highest BCUT2D eigenvalue weighted by atomic mass is 127. The van der Waals surface area contributed by atoms with Crippen LogP contribution in [0.4, 0.5) is 0 Å². The van der Waals surface area contributed by atoms with E-state index < -0.39 is 0 Å². The monoisotopic (exact) mass is 199 g/mol. The van der Waals surface area contributed by atoms with Gasteiger partial charge in [0, 0.05) is 6.20 Å². The Morgan fingerprint density at radius 3 is 2.67 bits per heavy atom. The summed E-state index contributed by atoms with van der Waals surface area (Å²) in [6.07, 6.45) is 3.55. The van der Waals surface area contributed by atoms with Crippen LogP contribution >= 0.6 is 23.0 Å². The van der Waals surface area contributed by atoms with E-state index >= 15 is 0 Å². The lowest BCUT2D eigenvalue weighted by molar-refractivity contribution is 0.343. The first-order valence-electron chi connectivity index (χ1n) is 1.56. The second kappa shape index (κ2) is 5.23. The maximum absolute atomic E-state index is 4.42. The van der Waals surface area contributed by atoms with Crippen molar-refractivity contribution in [3.8, 4) is 0 Å². The quantitative estimate of drug-likeness (QED) is 0.535. The van der Waals surface area contributed by atoms with Crippen LogP contribution in [-0.2, 0) is 3.17 Å². The molecule has 0 fully saturated rings. The number of hydrogen-bond acceptors (Lipinski definition) is 2. The van der Waals surface area contributed by atoms with Crippen LogP contribution in [0.15, 0.2) is 12.3 Å². The summed E-state index contributed by atoms with van der Waals surface area (Å²) in [4.78, 5) is 0. The zero-order valence-electron chi connectivity index (χ0n) is 3.44. The van der Waals surface area contributed by atoms with E-state index in [0.29, 0.717) is 0 Å². The van der Waals surface area contributed by atoms with Crippen LogP contribution in [0.5, 0.6) is 0 Å².